The maximum Gasteiger partial charge on any atom is 0.309 e. The minimum Gasteiger partial charge on any atom is -0.469 e. The molecule has 0 atom stereocenters. The number of carbonyl (C=O) groups excluding carboxylic acids is 1. The van der Waals surface area contributed by atoms with Gasteiger partial charge in [-0.1, -0.05) is 36.4 Å². The minimum absolute atomic E-state index is 0.242. The molecule has 0 saturated carbocycles. The zero-order chi connectivity index (χ0) is 16.9. The van der Waals surface area contributed by atoms with E-state index in [1.54, 1.807) is 0 Å². The van der Waals surface area contributed by atoms with Gasteiger partial charge >= 0.3 is 5.97 Å². The van der Waals surface area contributed by atoms with Crippen LogP contribution in [0.2, 0.25) is 0 Å². The van der Waals surface area contributed by atoms with E-state index >= 15 is 0 Å². The highest BCUT2D eigenvalue weighted by Gasteiger charge is 2.21. The van der Waals surface area contributed by atoms with Crippen LogP contribution in [0.4, 0.5) is 5.69 Å². The monoisotopic (exact) mass is 340 g/mol. The number of thiocarbonyl (C=S) groups is 1. The van der Waals surface area contributed by atoms with Crippen LogP contribution in [0.3, 0.4) is 0 Å². The van der Waals surface area contributed by atoms with E-state index < -0.39 is 0 Å². The molecular weight excluding hydrogens is 320 g/mol. The smallest absolute Gasteiger partial charge is 0.309 e. The van der Waals surface area contributed by atoms with E-state index in [-0.39, 0.29) is 12.4 Å². The predicted octanol–water partition coefficient (Wildman–Crippen LogP) is 2.86. The standard InChI is InChI=1S/C19H20N2O2S/c1-23-18(22)10-13-6-8-16(9-7-13)20-19(24)21-17-11-14-4-2-3-5-15(14)12-17/h2-9,17H,10-12H2,1H3,(H2,20,21,24). The van der Waals surface area contributed by atoms with Crippen LogP contribution >= 0.6 is 12.2 Å². The maximum atomic E-state index is 11.3. The van der Waals surface area contributed by atoms with E-state index in [2.05, 4.69) is 39.6 Å². The molecule has 0 aromatic heterocycles. The molecule has 3 rings (SSSR count). The average Bonchev–Trinajstić information content (AvgIpc) is 2.98. The fraction of sp³-hybridized carbons (Fsp3) is 0.263. The molecular formula is C19H20N2O2S. The Bertz CT molecular complexity index is 718. The molecule has 124 valence electrons. The van der Waals surface area contributed by atoms with Gasteiger partial charge in [-0.25, -0.2) is 0 Å². The number of ether oxygens (including phenoxy) is 1. The lowest BCUT2D eigenvalue weighted by Crippen LogP contribution is -2.38. The molecule has 4 nitrogen and oxygen atoms in total. The van der Waals surface area contributed by atoms with Crippen molar-refractivity contribution >= 4 is 29.0 Å². The molecule has 24 heavy (non-hydrogen) atoms. The second-order valence-electron chi connectivity index (χ2n) is 5.92. The van der Waals surface area contributed by atoms with Gasteiger partial charge in [0.1, 0.15) is 0 Å². The Balaban J connectivity index is 1.51. The molecule has 5 heteroatoms. The Morgan fingerprint density at radius 2 is 1.75 bits per heavy atom. The van der Waals surface area contributed by atoms with Crippen molar-refractivity contribution in [2.45, 2.75) is 25.3 Å². The van der Waals surface area contributed by atoms with Gasteiger partial charge in [0.25, 0.3) is 0 Å². The van der Waals surface area contributed by atoms with Crippen LogP contribution in [-0.4, -0.2) is 24.2 Å². The number of methoxy groups -OCH3 is 1. The third kappa shape index (κ3) is 4.11. The number of nitrogens with one attached hydrogen (secondary N) is 2. The topological polar surface area (TPSA) is 50.4 Å². The second kappa shape index (κ2) is 7.45. The van der Waals surface area contributed by atoms with Crippen LogP contribution in [0.1, 0.15) is 16.7 Å². The van der Waals surface area contributed by atoms with Gasteiger partial charge in [0.2, 0.25) is 0 Å². The molecule has 1 aliphatic rings. The van der Waals surface area contributed by atoms with E-state index in [1.807, 2.05) is 24.3 Å². The summed E-state index contributed by atoms with van der Waals surface area (Å²) >= 11 is 5.41. The normalized spacial score (nSPS) is 13.2. The average molecular weight is 340 g/mol. The first kappa shape index (κ1) is 16.5. The summed E-state index contributed by atoms with van der Waals surface area (Å²) in [6.07, 6.45) is 2.27. The summed E-state index contributed by atoms with van der Waals surface area (Å²) in [5, 5.41) is 7.19. The number of esters is 1. The molecule has 2 aromatic carbocycles. The molecule has 0 bridgehead atoms. The Morgan fingerprint density at radius 3 is 2.33 bits per heavy atom. The molecule has 0 amide bonds. The zero-order valence-corrected chi connectivity index (χ0v) is 14.4. The van der Waals surface area contributed by atoms with Gasteiger partial charge in [-0.15, -0.1) is 0 Å². The van der Waals surface area contributed by atoms with Crippen LogP contribution < -0.4 is 10.6 Å². The first-order valence-corrected chi connectivity index (χ1v) is 8.35. The van der Waals surface area contributed by atoms with E-state index in [1.165, 1.54) is 18.2 Å². The highest BCUT2D eigenvalue weighted by molar-refractivity contribution is 7.80. The SMILES string of the molecule is COC(=O)Cc1ccc(NC(=S)NC2Cc3ccccc3C2)cc1. The second-order valence-corrected chi connectivity index (χ2v) is 6.33. The van der Waals surface area contributed by atoms with Gasteiger partial charge in [-0.3, -0.25) is 4.79 Å². The number of fused-ring (bicyclic) bond motifs is 1. The molecule has 0 radical (unpaired) electrons. The van der Waals surface area contributed by atoms with Crippen LogP contribution in [0.25, 0.3) is 0 Å². The lowest BCUT2D eigenvalue weighted by atomic mass is 10.1. The minimum atomic E-state index is -0.242. The summed E-state index contributed by atoms with van der Waals surface area (Å²) in [4.78, 5) is 11.3. The van der Waals surface area contributed by atoms with Gasteiger partial charge in [0, 0.05) is 11.7 Å². The largest absolute Gasteiger partial charge is 0.469 e. The van der Waals surface area contributed by atoms with Crippen molar-refractivity contribution < 1.29 is 9.53 Å². The van der Waals surface area contributed by atoms with Crippen LogP contribution in [0.15, 0.2) is 48.5 Å². The molecule has 0 saturated heterocycles. The fourth-order valence-electron chi connectivity index (χ4n) is 2.96. The van der Waals surface area contributed by atoms with Crippen LogP contribution in [0, 0.1) is 0 Å². The van der Waals surface area contributed by atoms with E-state index in [4.69, 9.17) is 12.2 Å². The number of rotatable bonds is 4. The molecule has 1 aliphatic carbocycles. The Kier molecular flexibility index (Phi) is 5.11. The third-order valence-electron chi connectivity index (χ3n) is 4.17. The van der Waals surface area contributed by atoms with Crippen molar-refractivity contribution in [1.82, 2.24) is 5.32 Å². The predicted molar refractivity (Wildman–Crippen MR) is 99.2 cm³/mol. The van der Waals surface area contributed by atoms with Crippen LogP contribution in [0.5, 0.6) is 0 Å². The van der Waals surface area contributed by atoms with Gasteiger partial charge in [-0.2, -0.15) is 0 Å². The molecule has 0 aliphatic heterocycles. The van der Waals surface area contributed by atoms with Crippen molar-refractivity contribution in [2.75, 3.05) is 12.4 Å². The molecule has 2 N–H and O–H groups in total. The van der Waals surface area contributed by atoms with Crippen molar-refractivity contribution in [3.63, 3.8) is 0 Å². The van der Waals surface area contributed by atoms with Gasteiger partial charge < -0.3 is 15.4 Å². The van der Waals surface area contributed by atoms with Gasteiger partial charge in [-0.05, 0) is 53.9 Å². The highest BCUT2D eigenvalue weighted by Crippen LogP contribution is 2.21. The molecule has 2 aromatic rings. The van der Waals surface area contributed by atoms with E-state index in [0.717, 1.165) is 24.1 Å². The lowest BCUT2D eigenvalue weighted by molar-refractivity contribution is -0.139. The Hall–Kier alpha value is -2.40. The van der Waals surface area contributed by atoms with Crippen LogP contribution in [-0.2, 0) is 28.8 Å². The summed E-state index contributed by atoms with van der Waals surface area (Å²) in [6, 6.07) is 16.5. The third-order valence-corrected chi connectivity index (χ3v) is 4.39. The van der Waals surface area contributed by atoms with E-state index in [0.29, 0.717) is 11.2 Å². The summed E-state index contributed by atoms with van der Waals surface area (Å²) in [5.74, 6) is -0.242. The summed E-state index contributed by atoms with van der Waals surface area (Å²) in [5.41, 5.74) is 4.60. The quantitative estimate of drug-likeness (QED) is 0.662. The highest BCUT2D eigenvalue weighted by atomic mass is 32.1. The van der Waals surface area contributed by atoms with Crippen molar-refractivity contribution in [3.8, 4) is 0 Å². The first-order chi connectivity index (χ1) is 11.6. The summed E-state index contributed by atoms with van der Waals surface area (Å²) in [6.45, 7) is 0. The summed E-state index contributed by atoms with van der Waals surface area (Å²) in [7, 11) is 1.39. The molecule has 0 heterocycles. The Morgan fingerprint density at radius 1 is 1.12 bits per heavy atom. The lowest BCUT2D eigenvalue weighted by Gasteiger charge is -2.16. The van der Waals surface area contributed by atoms with Gasteiger partial charge in [0.05, 0.1) is 13.5 Å². The van der Waals surface area contributed by atoms with Crippen molar-refractivity contribution in [3.05, 3.63) is 65.2 Å². The maximum absolute atomic E-state index is 11.3. The molecule has 0 unspecified atom stereocenters. The fourth-order valence-corrected chi connectivity index (χ4v) is 3.24. The zero-order valence-electron chi connectivity index (χ0n) is 13.5. The van der Waals surface area contributed by atoms with Crippen molar-refractivity contribution in [1.29, 1.82) is 0 Å². The number of benzene rings is 2. The number of hydrogen-bond donors (Lipinski definition) is 2. The Labute approximate surface area is 147 Å². The molecule has 0 spiro atoms. The molecule has 0 fully saturated rings. The summed E-state index contributed by atoms with van der Waals surface area (Å²) < 4.78 is 4.66. The number of anilines is 1. The van der Waals surface area contributed by atoms with Crippen molar-refractivity contribution in [2.24, 2.45) is 0 Å². The van der Waals surface area contributed by atoms with Gasteiger partial charge in [0.15, 0.2) is 5.11 Å². The number of hydrogen-bond acceptors (Lipinski definition) is 3. The first-order valence-electron chi connectivity index (χ1n) is 7.94. The number of carbonyl (C=O) groups is 1. The van der Waals surface area contributed by atoms with E-state index in [9.17, 15) is 4.79 Å².